The van der Waals surface area contributed by atoms with Crippen molar-refractivity contribution in [2.75, 3.05) is 7.11 Å². The Morgan fingerprint density at radius 3 is 1.79 bits per heavy atom. The minimum Gasteiger partial charge on any atom is -0.468 e. The number of carbonyl (C=O) groups excluding carboxylic acids is 4. The van der Waals surface area contributed by atoms with Crippen LogP contribution >= 0.6 is 0 Å². The maximum absolute atomic E-state index is 12.7. The molecule has 38 heavy (non-hydrogen) atoms. The van der Waals surface area contributed by atoms with E-state index < -0.39 is 35.5 Å². The Bertz CT molecular complexity index is 1000. The first-order chi connectivity index (χ1) is 17.2. The van der Waals surface area contributed by atoms with E-state index in [-0.39, 0.29) is 53.9 Å². The van der Waals surface area contributed by atoms with Crippen LogP contribution in [0.25, 0.3) is 0 Å². The molecule has 1 unspecified atom stereocenters. The molecule has 0 spiro atoms. The van der Waals surface area contributed by atoms with Crippen LogP contribution in [-0.2, 0) is 35.1 Å². The van der Waals surface area contributed by atoms with Gasteiger partial charge in [0.15, 0.2) is 11.5 Å². The van der Waals surface area contributed by atoms with Crippen LogP contribution in [0.4, 0.5) is 0 Å². The molecule has 0 aliphatic carbocycles. The summed E-state index contributed by atoms with van der Waals surface area (Å²) in [6.45, 7) is 16.5. The van der Waals surface area contributed by atoms with Crippen LogP contribution in [0.1, 0.15) is 87.1 Å². The standard InChI is InChI=1S/C29H45NO8/c1-18(2)25(33)36-19(3)14-29(30,26(34)35-10)15-20-11-12-21(37-23(31)16-27(4,5)6)22(13-20)38-24(32)17-28(7,8)9/h11-13,18-19H,14-17,30H2,1-10H3/t19?,29-/m1/s1. The number of rotatable bonds is 11. The molecule has 0 saturated carbocycles. The Morgan fingerprint density at radius 2 is 1.34 bits per heavy atom. The Balaban J connectivity index is 3.33. The molecule has 0 aromatic heterocycles. The molecule has 0 aliphatic rings. The van der Waals surface area contributed by atoms with Gasteiger partial charge in [-0.2, -0.15) is 0 Å². The normalized spacial score (nSPS) is 14.3. The van der Waals surface area contributed by atoms with Crippen LogP contribution in [-0.4, -0.2) is 42.6 Å². The highest BCUT2D eigenvalue weighted by molar-refractivity contribution is 5.81. The SMILES string of the molecule is COC(=O)[C@](N)(Cc1ccc(OC(=O)CC(C)(C)C)c(OC(=O)CC(C)(C)C)c1)CC(C)OC(=O)C(C)C. The van der Waals surface area contributed by atoms with E-state index in [4.69, 9.17) is 24.7 Å². The molecule has 1 aromatic rings. The minimum absolute atomic E-state index is 0.000398. The number of hydrogen-bond acceptors (Lipinski definition) is 9. The maximum atomic E-state index is 12.7. The van der Waals surface area contributed by atoms with Gasteiger partial charge < -0.3 is 24.7 Å². The summed E-state index contributed by atoms with van der Waals surface area (Å²) in [6, 6.07) is 4.67. The third kappa shape index (κ3) is 11.6. The van der Waals surface area contributed by atoms with E-state index in [2.05, 4.69) is 0 Å². The lowest BCUT2D eigenvalue weighted by atomic mass is 9.86. The van der Waals surface area contributed by atoms with E-state index in [0.717, 1.165) is 0 Å². The lowest BCUT2D eigenvalue weighted by molar-refractivity contribution is -0.157. The number of methoxy groups -OCH3 is 1. The van der Waals surface area contributed by atoms with Gasteiger partial charge in [0, 0.05) is 12.8 Å². The van der Waals surface area contributed by atoms with E-state index in [9.17, 15) is 19.2 Å². The molecule has 0 radical (unpaired) electrons. The van der Waals surface area contributed by atoms with Gasteiger partial charge in [0.1, 0.15) is 11.6 Å². The first kappa shape index (κ1) is 33.1. The molecule has 0 heterocycles. The molecule has 0 aliphatic heterocycles. The number of nitrogens with two attached hydrogens (primary N) is 1. The van der Waals surface area contributed by atoms with Crippen LogP contribution in [0, 0.1) is 16.7 Å². The van der Waals surface area contributed by atoms with Crippen LogP contribution in [0.3, 0.4) is 0 Å². The highest BCUT2D eigenvalue weighted by atomic mass is 16.6. The zero-order chi connectivity index (χ0) is 29.5. The molecule has 1 rings (SSSR count). The van der Waals surface area contributed by atoms with E-state index in [1.54, 1.807) is 26.8 Å². The molecule has 0 amide bonds. The highest BCUT2D eigenvalue weighted by Gasteiger charge is 2.38. The molecular formula is C29H45NO8. The summed E-state index contributed by atoms with van der Waals surface area (Å²) in [4.78, 5) is 49.9. The first-order valence-electron chi connectivity index (χ1n) is 12.9. The van der Waals surface area contributed by atoms with Crippen molar-refractivity contribution < 1.29 is 38.1 Å². The summed E-state index contributed by atoms with van der Waals surface area (Å²) in [5.41, 5.74) is 4.88. The third-order valence-corrected chi connectivity index (χ3v) is 5.36. The minimum atomic E-state index is -1.54. The Kier molecular flexibility index (Phi) is 11.5. The van der Waals surface area contributed by atoms with Crippen molar-refractivity contribution in [1.29, 1.82) is 0 Å². The Hall–Kier alpha value is -2.94. The summed E-state index contributed by atoms with van der Waals surface area (Å²) in [7, 11) is 1.23. The molecule has 0 bridgehead atoms. The van der Waals surface area contributed by atoms with Gasteiger partial charge in [0.25, 0.3) is 0 Å². The molecule has 2 atom stereocenters. The van der Waals surface area contributed by atoms with Gasteiger partial charge in [0.2, 0.25) is 0 Å². The molecule has 0 fully saturated rings. The lowest BCUT2D eigenvalue weighted by Crippen LogP contribution is -2.53. The van der Waals surface area contributed by atoms with Gasteiger partial charge in [-0.15, -0.1) is 0 Å². The van der Waals surface area contributed by atoms with Gasteiger partial charge in [-0.3, -0.25) is 19.2 Å². The molecule has 9 nitrogen and oxygen atoms in total. The van der Waals surface area contributed by atoms with Gasteiger partial charge in [-0.05, 0) is 35.4 Å². The fourth-order valence-electron chi connectivity index (χ4n) is 3.69. The molecule has 2 N–H and O–H groups in total. The van der Waals surface area contributed by atoms with Crippen LogP contribution in [0.2, 0.25) is 0 Å². The van der Waals surface area contributed by atoms with Crippen molar-refractivity contribution in [3.63, 3.8) is 0 Å². The summed E-state index contributed by atoms with van der Waals surface area (Å²) in [5.74, 6) is -2.25. The maximum Gasteiger partial charge on any atom is 0.326 e. The van der Waals surface area contributed by atoms with Crippen molar-refractivity contribution in [2.24, 2.45) is 22.5 Å². The number of hydrogen-bond donors (Lipinski definition) is 1. The summed E-state index contributed by atoms with van der Waals surface area (Å²) in [5, 5.41) is 0. The second kappa shape index (κ2) is 13.2. The molecule has 9 heteroatoms. The fraction of sp³-hybridized carbons (Fsp3) is 0.655. The molecule has 1 aromatic carbocycles. The van der Waals surface area contributed by atoms with Crippen molar-refractivity contribution in [3.8, 4) is 11.5 Å². The van der Waals surface area contributed by atoms with E-state index in [0.29, 0.717) is 5.56 Å². The molecule has 214 valence electrons. The van der Waals surface area contributed by atoms with Crippen molar-refractivity contribution >= 4 is 23.9 Å². The van der Waals surface area contributed by atoms with Gasteiger partial charge in [-0.25, -0.2) is 0 Å². The second-order valence-corrected chi connectivity index (χ2v) is 12.6. The predicted octanol–water partition coefficient (Wildman–Crippen LogP) is 4.76. The first-order valence-corrected chi connectivity index (χ1v) is 12.9. The van der Waals surface area contributed by atoms with Crippen LogP contribution in [0.15, 0.2) is 18.2 Å². The summed E-state index contributed by atoms with van der Waals surface area (Å²) in [6.07, 6.45) is -0.376. The largest absolute Gasteiger partial charge is 0.468 e. The highest BCUT2D eigenvalue weighted by Crippen LogP contribution is 2.33. The van der Waals surface area contributed by atoms with E-state index in [1.165, 1.54) is 19.2 Å². The number of carbonyl (C=O) groups is 4. The van der Waals surface area contributed by atoms with Crippen molar-refractivity contribution in [2.45, 2.75) is 99.6 Å². The Morgan fingerprint density at radius 1 is 0.842 bits per heavy atom. The third-order valence-electron chi connectivity index (χ3n) is 5.36. The number of benzene rings is 1. The van der Waals surface area contributed by atoms with Gasteiger partial charge in [0.05, 0.1) is 25.9 Å². The van der Waals surface area contributed by atoms with Gasteiger partial charge >= 0.3 is 23.9 Å². The van der Waals surface area contributed by atoms with Crippen molar-refractivity contribution in [3.05, 3.63) is 23.8 Å². The van der Waals surface area contributed by atoms with Crippen molar-refractivity contribution in [1.82, 2.24) is 0 Å². The van der Waals surface area contributed by atoms with E-state index >= 15 is 0 Å². The Labute approximate surface area is 226 Å². The monoisotopic (exact) mass is 535 g/mol. The second-order valence-electron chi connectivity index (χ2n) is 12.6. The smallest absolute Gasteiger partial charge is 0.326 e. The topological polar surface area (TPSA) is 131 Å². The average molecular weight is 536 g/mol. The molecule has 0 saturated heterocycles. The quantitative estimate of drug-likeness (QED) is 0.315. The average Bonchev–Trinajstić information content (AvgIpc) is 2.71. The molecular weight excluding hydrogens is 490 g/mol. The van der Waals surface area contributed by atoms with E-state index in [1.807, 2.05) is 41.5 Å². The lowest BCUT2D eigenvalue weighted by Gasteiger charge is -2.30. The zero-order valence-corrected chi connectivity index (χ0v) is 24.6. The van der Waals surface area contributed by atoms with Crippen LogP contribution in [0.5, 0.6) is 11.5 Å². The van der Waals surface area contributed by atoms with Gasteiger partial charge in [-0.1, -0.05) is 61.5 Å². The predicted molar refractivity (Wildman–Crippen MR) is 144 cm³/mol. The van der Waals surface area contributed by atoms with Crippen LogP contribution < -0.4 is 15.2 Å². The fourth-order valence-corrected chi connectivity index (χ4v) is 3.69. The number of esters is 4. The number of ether oxygens (including phenoxy) is 4. The summed E-state index contributed by atoms with van der Waals surface area (Å²) >= 11 is 0. The zero-order valence-electron chi connectivity index (χ0n) is 24.6. The summed E-state index contributed by atoms with van der Waals surface area (Å²) < 4.78 is 21.5.